The Balaban J connectivity index is 1.96. The topological polar surface area (TPSA) is 26.3 Å². The van der Waals surface area contributed by atoms with Crippen LogP contribution < -0.4 is 0 Å². The summed E-state index contributed by atoms with van der Waals surface area (Å²) in [6.45, 7) is 2.29. The van der Waals surface area contributed by atoms with Crippen LogP contribution in [0.5, 0.6) is 0 Å². The van der Waals surface area contributed by atoms with Gasteiger partial charge in [0.25, 0.3) is 0 Å². The Kier molecular flexibility index (Phi) is 4.30. The van der Waals surface area contributed by atoms with E-state index in [1.165, 1.54) is 16.0 Å². The summed E-state index contributed by atoms with van der Waals surface area (Å²) in [5.41, 5.74) is 2.58. The molecule has 0 aromatic heterocycles. The Bertz CT molecular complexity index is 624. The first-order valence-corrected chi connectivity index (χ1v) is 8.14. The molecule has 0 amide bonds. The van der Waals surface area contributed by atoms with Gasteiger partial charge in [0, 0.05) is 10.8 Å². The fourth-order valence-corrected chi connectivity index (χ4v) is 4.06. The van der Waals surface area contributed by atoms with Crippen molar-refractivity contribution < 1.29 is 9.53 Å². The molecule has 0 aliphatic carbocycles. The maximum absolute atomic E-state index is 12.1. The average Bonchev–Trinajstić information content (AvgIpc) is 2.55. The molecule has 0 fully saturated rings. The number of ether oxygens (including phenoxy) is 1. The molecule has 0 spiro atoms. The van der Waals surface area contributed by atoms with Crippen LogP contribution in [0.1, 0.15) is 30.4 Å². The zero-order valence-corrected chi connectivity index (χ0v) is 12.8. The van der Waals surface area contributed by atoms with Gasteiger partial charge in [-0.3, -0.25) is 4.79 Å². The van der Waals surface area contributed by atoms with Gasteiger partial charge in [-0.15, -0.1) is 11.8 Å². The molecule has 0 radical (unpaired) electrons. The molecule has 1 aliphatic heterocycles. The molecule has 3 rings (SSSR count). The monoisotopic (exact) mass is 298 g/mol. The van der Waals surface area contributed by atoms with Gasteiger partial charge in [-0.05, 0) is 30.5 Å². The average molecular weight is 298 g/mol. The Morgan fingerprint density at radius 2 is 1.86 bits per heavy atom. The molecule has 21 heavy (non-hydrogen) atoms. The highest BCUT2D eigenvalue weighted by Gasteiger charge is 2.33. The molecule has 1 aliphatic rings. The van der Waals surface area contributed by atoms with Crippen LogP contribution in [0.3, 0.4) is 0 Å². The van der Waals surface area contributed by atoms with Gasteiger partial charge in [0.1, 0.15) is 5.25 Å². The van der Waals surface area contributed by atoms with E-state index < -0.39 is 0 Å². The third-order valence-electron chi connectivity index (χ3n) is 3.76. The maximum atomic E-state index is 12.1. The van der Waals surface area contributed by atoms with Crippen molar-refractivity contribution in [1.82, 2.24) is 0 Å². The number of fused-ring (bicyclic) bond motifs is 1. The number of hydrogen-bond acceptors (Lipinski definition) is 3. The zero-order chi connectivity index (χ0) is 14.7. The molecule has 0 saturated heterocycles. The lowest BCUT2D eigenvalue weighted by Crippen LogP contribution is -2.26. The van der Waals surface area contributed by atoms with Crippen molar-refractivity contribution in [3.05, 3.63) is 65.7 Å². The van der Waals surface area contributed by atoms with E-state index in [4.69, 9.17) is 4.74 Å². The van der Waals surface area contributed by atoms with E-state index in [0.717, 1.165) is 6.42 Å². The van der Waals surface area contributed by atoms with Crippen LogP contribution in [-0.2, 0) is 9.53 Å². The van der Waals surface area contributed by atoms with Gasteiger partial charge in [0.05, 0.1) is 6.61 Å². The molecule has 0 N–H and O–H groups in total. The molecule has 0 bridgehead atoms. The summed E-state index contributed by atoms with van der Waals surface area (Å²) in [6.07, 6.45) is 0.796. The third kappa shape index (κ3) is 2.98. The van der Waals surface area contributed by atoms with E-state index in [1.807, 2.05) is 19.1 Å². The van der Waals surface area contributed by atoms with Crippen molar-refractivity contribution >= 4 is 17.7 Å². The van der Waals surface area contributed by atoms with Crippen LogP contribution in [0.4, 0.5) is 0 Å². The Morgan fingerprint density at radius 1 is 1.14 bits per heavy atom. The van der Waals surface area contributed by atoms with Gasteiger partial charge in [0.2, 0.25) is 0 Å². The maximum Gasteiger partial charge on any atom is 0.319 e. The fourth-order valence-electron chi connectivity index (χ4n) is 2.80. The highest BCUT2D eigenvalue weighted by Crippen LogP contribution is 2.45. The minimum absolute atomic E-state index is 0.0991. The Hall–Kier alpha value is -1.74. The Labute approximate surface area is 129 Å². The number of thioether (sulfide) groups is 1. The number of carbonyl (C=O) groups excluding carboxylic acids is 1. The Morgan fingerprint density at radius 3 is 2.62 bits per heavy atom. The molecule has 0 saturated carbocycles. The highest BCUT2D eigenvalue weighted by molar-refractivity contribution is 8.00. The molecular weight excluding hydrogens is 280 g/mol. The molecule has 2 aromatic rings. The summed E-state index contributed by atoms with van der Waals surface area (Å²) in [6, 6.07) is 18.8. The summed E-state index contributed by atoms with van der Waals surface area (Å²) >= 11 is 1.63. The van der Waals surface area contributed by atoms with Crippen LogP contribution in [0.15, 0.2) is 59.5 Å². The van der Waals surface area contributed by atoms with Crippen molar-refractivity contribution in [1.29, 1.82) is 0 Å². The van der Waals surface area contributed by atoms with E-state index >= 15 is 0 Å². The molecule has 2 aromatic carbocycles. The predicted molar refractivity (Wildman–Crippen MR) is 85.6 cm³/mol. The molecular formula is C18H18O2S. The van der Waals surface area contributed by atoms with E-state index in [-0.39, 0.29) is 17.1 Å². The number of hydrogen-bond donors (Lipinski definition) is 0. The van der Waals surface area contributed by atoms with Crippen LogP contribution in [0.2, 0.25) is 0 Å². The van der Waals surface area contributed by atoms with Gasteiger partial charge in [0.15, 0.2) is 0 Å². The molecule has 2 atom stereocenters. The summed E-state index contributed by atoms with van der Waals surface area (Å²) in [5.74, 6) is 0.163. The van der Waals surface area contributed by atoms with Gasteiger partial charge in [-0.2, -0.15) is 0 Å². The minimum atomic E-state index is -0.120. The molecule has 108 valence electrons. The first kappa shape index (κ1) is 14.2. The van der Waals surface area contributed by atoms with Crippen LogP contribution in [0, 0.1) is 0 Å². The van der Waals surface area contributed by atoms with E-state index in [0.29, 0.717) is 6.61 Å². The normalized spacial score (nSPS) is 20.6. The van der Waals surface area contributed by atoms with Gasteiger partial charge < -0.3 is 4.74 Å². The van der Waals surface area contributed by atoms with Crippen molar-refractivity contribution in [2.75, 3.05) is 6.61 Å². The first-order valence-electron chi connectivity index (χ1n) is 7.26. The first-order chi connectivity index (χ1) is 10.3. The highest BCUT2D eigenvalue weighted by atomic mass is 32.2. The number of esters is 1. The third-order valence-corrected chi connectivity index (χ3v) is 5.06. The second-order valence-electron chi connectivity index (χ2n) is 5.10. The molecule has 1 heterocycles. The van der Waals surface area contributed by atoms with E-state index in [2.05, 4.69) is 42.5 Å². The van der Waals surface area contributed by atoms with Crippen LogP contribution in [-0.4, -0.2) is 17.8 Å². The quantitative estimate of drug-likeness (QED) is 0.793. The van der Waals surface area contributed by atoms with Crippen LogP contribution in [0.25, 0.3) is 0 Å². The molecule has 3 heteroatoms. The predicted octanol–water partition coefficient (Wildman–Crippen LogP) is 4.25. The fraction of sp³-hybridized carbons (Fsp3) is 0.278. The molecule has 0 unspecified atom stereocenters. The van der Waals surface area contributed by atoms with Crippen molar-refractivity contribution in [2.45, 2.75) is 29.4 Å². The van der Waals surface area contributed by atoms with Gasteiger partial charge in [-0.25, -0.2) is 0 Å². The van der Waals surface area contributed by atoms with Gasteiger partial charge >= 0.3 is 5.97 Å². The minimum Gasteiger partial charge on any atom is -0.465 e. The summed E-state index contributed by atoms with van der Waals surface area (Å²) in [4.78, 5) is 13.3. The standard InChI is InChI=1S/C18H18O2S/c1-2-20-18(19)17-12-15(13-8-4-3-5-9-13)14-10-6-7-11-16(14)21-17/h3-11,15,17H,2,12H2,1H3/t15-,17+/m0/s1. The number of rotatable bonds is 3. The lowest BCUT2D eigenvalue weighted by molar-refractivity contribution is -0.142. The lowest BCUT2D eigenvalue weighted by Gasteiger charge is -2.30. The summed E-state index contributed by atoms with van der Waals surface area (Å²) < 4.78 is 5.22. The smallest absolute Gasteiger partial charge is 0.319 e. The summed E-state index contributed by atoms with van der Waals surface area (Å²) in [5, 5.41) is -0.120. The largest absolute Gasteiger partial charge is 0.465 e. The molecule has 2 nitrogen and oxygen atoms in total. The summed E-state index contributed by atoms with van der Waals surface area (Å²) in [7, 11) is 0. The second kappa shape index (κ2) is 6.35. The van der Waals surface area contributed by atoms with Crippen molar-refractivity contribution in [3.63, 3.8) is 0 Å². The van der Waals surface area contributed by atoms with Crippen molar-refractivity contribution in [2.24, 2.45) is 0 Å². The SMILES string of the molecule is CCOC(=O)[C@H]1C[C@@H](c2ccccc2)c2ccccc2S1. The second-order valence-corrected chi connectivity index (χ2v) is 6.34. The van der Waals surface area contributed by atoms with E-state index in [1.54, 1.807) is 11.8 Å². The van der Waals surface area contributed by atoms with Crippen molar-refractivity contribution in [3.8, 4) is 0 Å². The zero-order valence-electron chi connectivity index (χ0n) is 12.0. The van der Waals surface area contributed by atoms with E-state index in [9.17, 15) is 4.79 Å². The number of benzene rings is 2. The lowest BCUT2D eigenvalue weighted by atomic mass is 9.87. The van der Waals surface area contributed by atoms with Gasteiger partial charge in [-0.1, -0.05) is 48.5 Å². The van der Waals surface area contributed by atoms with Crippen LogP contribution >= 0.6 is 11.8 Å². The number of carbonyl (C=O) groups is 1.